The molecule has 1 unspecified atom stereocenters. The number of fused-ring (bicyclic) bond motifs is 1. The molecule has 132 valence electrons. The fourth-order valence-electron chi connectivity index (χ4n) is 2.61. The van der Waals surface area contributed by atoms with E-state index in [2.05, 4.69) is 5.32 Å². The van der Waals surface area contributed by atoms with Crippen LogP contribution in [0.15, 0.2) is 24.3 Å². The Morgan fingerprint density at radius 3 is 2.84 bits per heavy atom. The highest BCUT2D eigenvalue weighted by atomic mass is 32.1. The van der Waals surface area contributed by atoms with E-state index in [-0.39, 0.29) is 11.3 Å². The van der Waals surface area contributed by atoms with Gasteiger partial charge in [-0.05, 0) is 29.3 Å². The van der Waals surface area contributed by atoms with Crippen molar-refractivity contribution in [1.82, 2.24) is 5.32 Å². The summed E-state index contributed by atoms with van der Waals surface area (Å²) in [5.74, 6) is -2.47. The summed E-state index contributed by atoms with van der Waals surface area (Å²) in [7, 11) is 1.32. The van der Waals surface area contributed by atoms with Crippen molar-refractivity contribution in [3.63, 3.8) is 0 Å². The van der Waals surface area contributed by atoms with Crippen LogP contribution in [0.4, 0.5) is 4.39 Å². The molecule has 1 aliphatic heterocycles. The van der Waals surface area contributed by atoms with E-state index in [1.54, 1.807) is 6.07 Å². The summed E-state index contributed by atoms with van der Waals surface area (Å²) < 4.78 is 24.0. The van der Waals surface area contributed by atoms with Gasteiger partial charge in [0.05, 0.1) is 25.2 Å². The Hall–Kier alpha value is -2.45. The normalized spacial score (nSPS) is 14.5. The van der Waals surface area contributed by atoms with Crippen molar-refractivity contribution in [3.05, 3.63) is 51.0 Å². The van der Waals surface area contributed by atoms with Gasteiger partial charge in [0.1, 0.15) is 0 Å². The highest BCUT2D eigenvalue weighted by Crippen LogP contribution is 2.28. The summed E-state index contributed by atoms with van der Waals surface area (Å²) in [6, 6.07) is 4.14. The second-order valence-corrected chi connectivity index (χ2v) is 6.64. The Labute approximate surface area is 147 Å². The van der Waals surface area contributed by atoms with Gasteiger partial charge in [-0.1, -0.05) is 6.07 Å². The van der Waals surface area contributed by atoms with Crippen LogP contribution >= 0.6 is 11.3 Å². The van der Waals surface area contributed by atoms with E-state index in [0.717, 1.165) is 22.9 Å². The Morgan fingerprint density at radius 2 is 2.20 bits per heavy atom. The number of ether oxygens (including phenoxy) is 2. The number of aliphatic carboxylic acids is 1. The van der Waals surface area contributed by atoms with E-state index >= 15 is 0 Å². The number of thiophene rings is 1. The summed E-state index contributed by atoms with van der Waals surface area (Å²) in [5, 5.41) is 11.9. The van der Waals surface area contributed by atoms with Crippen molar-refractivity contribution in [2.45, 2.75) is 19.1 Å². The number of carboxylic acid groups (broad SMARTS) is 1. The minimum absolute atomic E-state index is 0.00477. The standard InChI is InChI=1S/C17H16FNO5S/c1-23-12-3-2-9(6-11(12)18)15(17(21)22)19-16(20)14-7-10-8-24-5-4-13(10)25-14/h2-3,6-7,15H,4-5,8H2,1H3,(H,19,20)(H,21,22). The van der Waals surface area contributed by atoms with Crippen LogP contribution in [0, 0.1) is 5.82 Å². The minimum atomic E-state index is -1.36. The van der Waals surface area contributed by atoms with Crippen LogP contribution in [-0.4, -0.2) is 30.7 Å². The smallest absolute Gasteiger partial charge is 0.330 e. The van der Waals surface area contributed by atoms with Crippen LogP contribution in [0.2, 0.25) is 0 Å². The number of hydrogen-bond acceptors (Lipinski definition) is 5. The van der Waals surface area contributed by atoms with Crippen molar-refractivity contribution in [2.24, 2.45) is 0 Å². The second kappa shape index (κ2) is 7.20. The topological polar surface area (TPSA) is 84.9 Å². The number of amides is 1. The van der Waals surface area contributed by atoms with Gasteiger partial charge in [-0.3, -0.25) is 4.79 Å². The Bertz CT molecular complexity index is 796. The molecular weight excluding hydrogens is 349 g/mol. The molecule has 1 aromatic carbocycles. The molecule has 0 aliphatic carbocycles. The number of carboxylic acids is 1. The molecule has 1 aromatic heterocycles. The molecule has 1 atom stereocenters. The summed E-state index contributed by atoms with van der Waals surface area (Å²) in [4.78, 5) is 25.5. The molecule has 0 bridgehead atoms. The van der Waals surface area contributed by atoms with Gasteiger partial charge in [0.25, 0.3) is 5.91 Å². The lowest BCUT2D eigenvalue weighted by Crippen LogP contribution is -2.33. The quantitative estimate of drug-likeness (QED) is 0.851. The van der Waals surface area contributed by atoms with E-state index in [1.165, 1.54) is 30.6 Å². The first-order valence-corrected chi connectivity index (χ1v) is 8.37. The first-order chi connectivity index (χ1) is 12.0. The maximum atomic E-state index is 13.8. The van der Waals surface area contributed by atoms with Gasteiger partial charge >= 0.3 is 5.97 Å². The Kier molecular flexibility index (Phi) is 5.00. The summed E-state index contributed by atoms with van der Waals surface area (Å²) in [6.07, 6.45) is 0.735. The van der Waals surface area contributed by atoms with Crippen LogP contribution in [0.5, 0.6) is 5.75 Å². The zero-order valence-corrected chi connectivity index (χ0v) is 14.2. The van der Waals surface area contributed by atoms with Crippen LogP contribution in [-0.2, 0) is 22.6 Å². The van der Waals surface area contributed by atoms with Crippen molar-refractivity contribution in [3.8, 4) is 5.75 Å². The molecule has 2 N–H and O–H groups in total. The van der Waals surface area contributed by atoms with Gasteiger partial charge in [0.2, 0.25) is 0 Å². The van der Waals surface area contributed by atoms with Crippen molar-refractivity contribution < 1.29 is 28.6 Å². The molecule has 2 heterocycles. The van der Waals surface area contributed by atoms with Gasteiger partial charge in [-0.25, -0.2) is 9.18 Å². The average Bonchev–Trinajstić information content (AvgIpc) is 3.03. The number of carbonyl (C=O) groups excluding carboxylic acids is 1. The molecule has 0 fully saturated rings. The molecule has 25 heavy (non-hydrogen) atoms. The minimum Gasteiger partial charge on any atom is -0.494 e. The molecule has 0 saturated heterocycles. The van der Waals surface area contributed by atoms with E-state index < -0.39 is 23.7 Å². The van der Waals surface area contributed by atoms with Crippen LogP contribution in [0.1, 0.15) is 31.7 Å². The van der Waals surface area contributed by atoms with Crippen molar-refractivity contribution >= 4 is 23.2 Å². The van der Waals surface area contributed by atoms with Crippen molar-refractivity contribution in [2.75, 3.05) is 13.7 Å². The monoisotopic (exact) mass is 365 g/mol. The third kappa shape index (κ3) is 3.64. The van der Waals surface area contributed by atoms with Crippen LogP contribution in [0.3, 0.4) is 0 Å². The zero-order valence-electron chi connectivity index (χ0n) is 13.4. The Balaban J connectivity index is 1.82. The zero-order chi connectivity index (χ0) is 18.0. The average molecular weight is 365 g/mol. The second-order valence-electron chi connectivity index (χ2n) is 5.50. The first-order valence-electron chi connectivity index (χ1n) is 7.56. The lowest BCUT2D eigenvalue weighted by atomic mass is 10.1. The van der Waals surface area contributed by atoms with Gasteiger partial charge in [0.15, 0.2) is 17.6 Å². The summed E-state index contributed by atoms with van der Waals surface area (Å²) in [6.45, 7) is 1.06. The maximum Gasteiger partial charge on any atom is 0.330 e. The van der Waals surface area contributed by atoms with Gasteiger partial charge < -0.3 is 19.9 Å². The molecule has 8 heteroatoms. The first kappa shape index (κ1) is 17.4. The van der Waals surface area contributed by atoms with Gasteiger partial charge in [-0.15, -0.1) is 11.3 Å². The molecule has 3 rings (SSSR count). The maximum absolute atomic E-state index is 13.8. The number of hydrogen-bond donors (Lipinski definition) is 2. The van der Waals surface area contributed by atoms with Gasteiger partial charge in [0, 0.05) is 11.3 Å². The largest absolute Gasteiger partial charge is 0.494 e. The molecule has 2 aromatic rings. The molecule has 0 spiro atoms. The Morgan fingerprint density at radius 1 is 1.40 bits per heavy atom. The predicted molar refractivity (Wildman–Crippen MR) is 88.5 cm³/mol. The fourth-order valence-corrected chi connectivity index (χ4v) is 3.66. The van der Waals surface area contributed by atoms with E-state index in [4.69, 9.17) is 9.47 Å². The van der Waals surface area contributed by atoms with Crippen LogP contribution < -0.4 is 10.1 Å². The number of rotatable bonds is 5. The molecule has 1 aliphatic rings. The number of carbonyl (C=O) groups is 2. The third-order valence-electron chi connectivity index (χ3n) is 3.88. The van der Waals surface area contributed by atoms with Crippen LogP contribution in [0.25, 0.3) is 0 Å². The highest BCUT2D eigenvalue weighted by Gasteiger charge is 2.26. The molecule has 6 nitrogen and oxygen atoms in total. The van der Waals surface area contributed by atoms with Crippen molar-refractivity contribution in [1.29, 1.82) is 0 Å². The SMILES string of the molecule is COc1ccc(C(NC(=O)c2cc3c(s2)CCOC3)C(=O)O)cc1F. The van der Waals surface area contributed by atoms with E-state index in [9.17, 15) is 19.1 Å². The number of halogens is 1. The molecular formula is C17H16FNO5S. The number of nitrogens with one attached hydrogen (secondary N) is 1. The summed E-state index contributed by atoms with van der Waals surface area (Å²) >= 11 is 1.32. The fraction of sp³-hybridized carbons (Fsp3) is 0.294. The lowest BCUT2D eigenvalue weighted by molar-refractivity contribution is -0.139. The molecule has 0 radical (unpaired) electrons. The number of benzene rings is 1. The summed E-state index contributed by atoms with van der Waals surface area (Å²) in [5.41, 5.74) is 1.08. The highest BCUT2D eigenvalue weighted by molar-refractivity contribution is 7.14. The number of methoxy groups -OCH3 is 1. The molecule has 1 amide bonds. The molecule has 0 saturated carbocycles. The van der Waals surface area contributed by atoms with E-state index in [0.29, 0.717) is 18.1 Å². The third-order valence-corrected chi connectivity index (χ3v) is 5.12. The van der Waals surface area contributed by atoms with E-state index in [1.807, 2.05) is 0 Å². The predicted octanol–water partition coefficient (Wildman–Crippen LogP) is 2.52. The van der Waals surface area contributed by atoms with Gasteiger partial charge in [-0.2, -0.15) is 0 Å². The lowest BCUT2D eigenvalue weighted by Gasteiger charge is -2.15.